The molecule has 7 nitrogen and oxygen atoms in total. The molecule has 1 aromatic rings. The Morgan fingerprint density at radius 3 is 2.33 bits per heavy atom. The summed E-state index contributed by atoms with van der Waals surface area (Å²) in [5.41, 5.74) is 0.198. The van der Waals surface area contributed by atoms with Gasteiger partial charge >= 0.3 is 11.9 Å². The van der Waals surface area contributed by atoms with Gasteiger partial charge in [0, 0.05) is 0 Å². The van der Waals surface area contributed by atoms with Crippen LogP contribution in [-0.4, -0.2) is 34.1 Å². The van der Waals surface area contributed by atoms with Gasteiger partial charge in [-0.1, -0.05) is 0 Å². The summed E-state index contributed by atoms with van der Waals surface area (Å²) in [5.74, 6) is -2.50. The Hall–Kier alpha value is -2.31. The van der Waals surface area contributed by atoms with Crippen LogP contribution in [0, 0.1) is 13.8 Å². The summed E-state index contributed by atoms with van der Waals surface area (Å²) >= 11 is 0. The topological polar surface area (TPSA) is 117 Å². The van der Waals surface area contributed by atoms with Gasteiger partial charge in [0.2, 0.25) is 0 Å². The summed E-state index contributed by atoms with van der Waals surface area (Å²) in [4.78, 5) is 33.0. The maximum absolute atomic E-state index is 11.7. The van der Waals surface area contributed by atoms with Gasteiger partial charge in [0.05, 0.1) is 12.0 Å². The van der Waals surface area contributed by atoms with Gasteiger partial charge in [-0.15, -0.1) is 0 Å². The number of amides is 1. The second-order valence-electron chi connectivity index (χ2n) is 3.79. The summed E-state index contributed by atoms with van der Waals surface area (Å²) in [6, 6.07) is -0.00531. The zero-order valence-electron chi connectivity index (χ0n) is 9.89. The maximum Gasteiger partial charge on any atom is 0.326 e. The van der Waals surface area contributed by atoms with Crippen molar-refractivity contribution in [3.8, 4) is 0 Å². The van der Waals surface area contributed by atoms with E-state index in [1.54, 1.807) is 13.8 Å². The summed E-state index contributed by atoms with van der Waals surface area (Å²) in [6.07, 6.45) is -0.684. The molecule has 0 aliphatic heterocycles. The van der Waals surface area contributed by atoms with Crippen LogP contribution in [0.5, 0.6) is 0 Å². The van der Waals surface area contributed by atoms with Crippen molar-refractivity contribution in [3.63, 3.8) is 0 Å². The SMILES string of the molecule is Cc1cc(C(=O)N[C@H](CC(=O)O)C(=O)O)c(C)o1. The fraction of sp³-hybridized carbons (Fsp3) is 0.364. The van der Waals surface area contributed by atoms with E-state index in [9.17, 15) is 14.4 Å². The molecule has 0 aliphatic rings. The minimum absolute atomic E-state index is 0.198. The fourth-order valence-electron chi connectivity index (χ4n) is 1.47. The molecule has 0 radical (unpaired) electrons. The molecule has 1 atom stereocenters. The third-order valence-electron chi connectivity index (χ3n) is 2.27. The number of carbonyl (C=O) groups excluding carboxylic acids is 1. The lowest BCUT2D eigenvalue weighted by molar-refractivity contribution is -0.145. The highest BCUT2D eigenvalue weighted by Gasteiger charge is 2.25. The van der Waals surface area contributed by atoms with Crippen molar-refractivity contribution in [1.29, 1.82) is 0 Å². The van der Waals surface area contributed by atoms with Gasteiger partial charge in [-0.25, -0.2) is 4.79 Å². The molecular weight excluding hydrogens is 242 g/mol. The van der Waals surface area contributed by atoms with Gasteiger partial charge in [-0.2, -0.15) is 0 Å². The molecule has 0 saturated carbocycles. The Morgan fingerprint density at radius 2 is 1.94 bits per heavy atom. The van der Waals surface area contributed by atoms with E-state index in [0.29, 0.717) is 11.5 Å². The Labute approximate surface area is 102 Å². The highest BCUT2D eigenvalue weighted by molar-refractivity contribution is 5.98. The number of aryl methyl sites for hydroxylation is 2. The van der Waals surface area contributed by atoms with Crippen molar-refractivity contribution in [3.05, 3.63) is 23.2 Å². The number of hydrogen-bond donors (Lipinski definition) is 3. The lowest BCUT2D eigenvalue weighted by Crippen LogP contribution is -2.42. The Kier molecular flexibility index (Phi) is 4.09. The zero-order valence-corrected chi connectivity index (χ0v) is 9.89. The maximum atomic E-state index is 11.7. The van der Waals surface area contributed by atoms with Crippen molar-refractivity contribution < 1.29 is 29.0 Å². The predicted octanol–water partition coefficient (Wildman–Crippen LogP) is 0.554. The monoisotopic (exact) mass is 255 g/mol. The van der Waals surface area contributed by atoms with E-state index in [-0.39, 0.29) is 5.56 Å². The lowest BCUT2D eigenvalue weighted by Gasteiger charge is -2.11. The molecule has 1 aromatic heterocycles. The minimum Gasteiger partial charge on any atom is -0.481 e. The molecule has 1 amide bonds. The van der Waals surface area contributed by atoms with Crippen molar-refractivity contribution in [1.82, 2.24) is 5.32 Å². The first-order valence-electron chi connectivity index (χ1n) is 5.13. The summed E-state index contributed by atoms with van der Waals surface area (Å²) in [6.45, 7) is 3.21. The third-order valence-corrected chi connectivity index (χ3v) is 2.27. The highest BCUT2D eigenvalue weighted by atomic mass is 16.4. The molecule has 0 unspecified atom stereocenters. The molecular formula is C11H13NO6. The highest BCUT2D eigenvalue weighted by Crippen LogP contribution is 2.13. The number of aliphatic carboxylic acids is 2. The largest absolute Gasteiger partial charge is 0.481 e. The number of rotatable bonds is 5. The van der Waals surface area contributed by atoms with Gasteiger partial charge in [-0.3, -0.25) is 9.59 Å². The zero-order chi connectivity index (χ0) is 13.9. The van der Waals surface area contributed by atoms with Crippen LogP contribution < -0.4 is 5.32 Å². The average molecular weight is 255 g/mol. The van der Waals surface area contributed by atoms with Crippen LogP contribution in [0.1, 0.15) is 28.3 Å². The standard InChI is InChI=1S/C11H13NO6/c1-5-3-7(6(2)18-5)10(15)12-8(11(16)17)4-9(13)14/h3,8H,4H2,1-2H3,(H,12,15)(H,13,14)(H,16,17)/t8-/m1/s1. The molecule has 18 heavy (non-hydrogen) atoms. The first-order chi connectivity index (χ1) is 8.31. The van der Waals surface area contributed by atoms with Crippen molar-refractivity contribution in [2.75, 3.05) is 0 Å². The van der Waals surface area contributed by atoms with E-state index in [0.717, 1.165) is 0 Å². The molecule has 0 aromatic carbocycles. The average Bonchev–Trinajstić information content (AvgIpc) is 2.56. The number of carbonyl (C=O) groups is 3. The first-order valence-corrected chi connectivity index (χ1v) is 5.13. The van der Waals surface area contributed by atoms with Crippen molar-refractivity contribution in [2.45, 2.75) is 26.3 Å². The van der Waals surface area contributed by atoms with E-state index in [1.807, 2.05) is 0 Å². The predicted molar refractivity (Wildman–Crippen MR) is 59.3 cm³/mol. The molecule has 3 N–H and O–H groups in total. The van der Waals surface area contributed by atoms with E-state index in [4.69, 9.17) is 14.6 Å². The summed E-state index contributed by atoms with van der Waals surface area (Å²) in [7, 11) is 0. The van der Waals surface area contributed by atoms with E-state index in [2.05, 4.69) is 5.32 Å². The number of furan rings is 1. The third kappa shape index (κ3) is 3.34. The second kappa shape index (κ2) is 5.35. The van der Waals surface area contributed by atoms with Crippen LogP contribution in [-0.2, 0) is 9.59 Å². The Morgan fingerprint density at radius 1 is 1.33 bits per heavy atom. The fourth-order valence-corrected chi connectivity index (χ4v) is 1.47. The van der Waals surface area contributed by atoms with Crippen LogP contribution in [0.15, 0.2) is 10.5 Å². The molecule has 1 heterocycles. The van der Waals surface area contributed by atoms with E-state index in [1.165, 1.54) is 6.07 Å². The van der Waals surface area contributed by atoms with Crippen LogP contribution in [0.3, 0.4) is 0 Å². The molecule has 0 fully saturated rings. The molecule has 0 spiro atoms. The molecule has 7 heteroatoms. The van der Waals surface area contributed by atoms with Gasteiger partial charge in [0.1, 0.15) is 17.6 Å². The Bertz CT molecular complexity index is 490. The summed E-state index contributed by atoms with van der Waals surface area (Å²) < 4.78 is 5.13. The molecule has 1 rings (SSSR count). The quantitative estimate of drug-likeness (QED) is 0.707. The second-order valence-corrected chi connectivity index (χ2v) is 3.79. The lowest BCUT2D eigenvalue weighted by atomic mass is 10.1. The van der Waals surface area contributed by atoms with Crippen LogP contribution in [0.4, 0.5) is 0 Å². The number of carboxylic acid groups (broad SMARTS) is 2. The van der Waals surface area contributed by atoms with Gasteiger partial charge in [-0.05, 0) is 19.9 Å². The van der Waals surface area contributed by atoms with Crippen LogP contribution >= 0.6 is 0 Å². The van der Waals surface area contributed by atoms with Gasteiger partial charge in [0.25, 0.3) is 5.91 Å². The first kappa shape index (κ1) is 13.8. The summed E-state index contributed by atoms with van der Waals surface area (Å²) in [5, 5.41) is 19.5. The normalized spacial score (nSPS) is 11.9. The van der Waals surface area contributed by atoms with Gasteiger partial charge in [0.15, 0.2) is 0 Å². The van der Waals surface area contributed by atoms with Crippen molar-refractivity contribution >= 4 is 17.8 Å². The van der Waals surface area contributed by atoms with Crippen molar-refractivity contribution in [2.24, 2.45) is 0 Å². The van der Waals surface area contributed by atoms with E-state index < -0.39 is 30.3 Å². The van der Waals surface area contributed by atoms with E-state index >= 15 is 0 Å². The smallest absolute Gasteiger partial charge is 0.326 e. The molecule has 0 saturated heterocycles. The number of hydrogen-bond acceptors (Lipinski definition) is 4. The van der Waals surface area contributed by atoms with Crippen LogP contribution in [0.2, 0.25) is 0 Å². The van der Waals surface area contributed by atoms with Gasteiger partial charge < -0.3 is 19.9 Å². The van der Waals surface area contributed by atoms with Crippen LogP contribution in [0.25, 0.3) is 0 Å². The molecule has 98 valence electrons. The minimum atomic E-state index is -1.47. The number of carboxylic acids is 2. The molecule has 0 aliphatic carbocycles. The number of nitrogens with one attached hydrogen (secondary N) is 1. The molecule has 0 bridgehead atoms. The Balaban J connectivity index is 2.81.